The number of carbonyl (C=O) groups is 1. The van der Waals surface area contributed by atoms with E-state index in [1.165, 1.54) is 13.0 Å². The molecule has 0 saturated carbocycles. The first-order chi connectivity index (χ1) is 11.0. The number of Topliss-reactive ketones (excluding diaryl/α,β-unsaturated/α-hetero) is 1. The van der Waals surface area contributed by atoms with E-state index in [1.807, 2.05) is 4.90 Å². The van der Waals surface area contributed by atoms with Crippen LogP contribution in [0.25, 0.3) is 0 Å². The van der Waals surface area contributed by atoms with Crippen LogP contribution in [0.15, 0.2) is 18.2 Å². The topological polar surface area (TPSA) is 26.8 Å². The van der Waals surface area contributed by atoms with E-state index in [0.29, 0.717) is 11.3 Å². The van der Waals surface area contributed by atoms with Gasteiger partial charge in [0, 0.05) is 44.0 Å². The van der Waals surface area contributed by atoms with Crippen molar-refractivity contribution in [1.29, 1.82) is 0 Å². The van der Waals surface area contributed by atoms with Gasteiger partial charge in [-0.2, -0.15) is 0 Å². The summed E-state index contributed by atoms with van der Waals surface area (Å²) in [7, 11) is 0. The molecule has 3 rings (SSSR count). The van der Waals surface area contributed by atoms with E-state index >= 15 is 0 Å². The summed E-state index contributed by atoms with van der Waals surface area (Å²) in [4.78, 5) is 18.0. The summed E-state index contributed by atoms with van der Waals surface area (Å²) < 4.78 is 15.2. The molecule has 0 amide bonds. The minimum atomic E-state index is -0.316. The van der Waals surface area contributed by atoms with E-state index in [0.717, 1.165) is 49.5 Å². The molecule has 2 saturated heterocycles. The largest absolute Gasteiger partial charge is 0.367 e. The fraction of sp³-hybridized carbons (Fsp3) is 0.500. The average molecular weight is 353 g/mol. The number of nitrogens with zero attached hydrogens (tertiary/aromatic N) is 3. The first kappa shape index (κ1) is 16.7. The Kier molecular flexibility index (Phi) is 5.18. The third-order valence-corrected chi connectivity index (χ3v) is 5.79. The van der Waals surface area contributed by atoms with E-state index < -0.39 is 0 Å². The molecule has 7 heteroatoms. The molecule has 0 N–H and O–H groups in total. The summed E-state index contributed by atoms with van der Waals surface area (Å²) in [6, 6.07) is 4.75. The number of piperazine rings is 1. The third kappa shape index (κ3) is 3.84. The Morgan fingerprint density at radius 2 is 2.00 bits per heavy atom. The normalized spacial score (nSPS) is 19.5. The molecule has 1 aromatic carbocycles. The molecular formula is C16H20FN3OS2. The van der Waals surface area contributed by atoms with Crippen molar-refractivity contribution in [3.8, 4) is 0 Å². The number of halogens is 1. The van der Waals surface area contributed by atoms with Crippen molar-refractivity contribution in [3.05, 3.63) is 29.6 Å². The van der Waals surface area contributed by atoms with Gasteiger partial charge in [0.2, 0.25) is 0 Å². The van der Waals surface area contributed by atoms with Gasteiger partial charge in [-0.3, -0.25) is 9.69 Å². The molecule has 2 heterocycles. The van der Waals surface area contributed by atoms with Crippen molar-refractivity contribution < 1.29 is 9.18 Å². The molecule has 0 aliphatic carbocycles. The number of ketones is 1. The molecule has 0 spiro atoms. The fourth-order valence-corrected chi connectivity index (χ4v) is 4.13. The first-order valence-corrected chi connectivity index (χ1v) is 9.13. The van der Waals surface area contributed by atoms with Crippen LogP contribution in [-0.4, -0.2) is 65.0 Å². The second kappa shape index (κ2) is 7.15. The minimum absolute atomic E-state index is 0.111. The SMILES string of the molecule is CC(=O)c1ccc(N2CCN(CN3CCSC3=S)CC2)c(F)c1. The second-order valence-corrected chi connectivity index (χ2v) is 7.58. The van der Waals surface area contributed by atoms with Gasteiger partial charge >= 0.3 is 0 Å². The van der Waals surface area contributed by atoms with Crippen LogP contribution in [0.5, 0.6) is 0 Å². The van der Waals surface area contributed by atoms with Gasteiger partial charge in [0.15, 0.2) is 5.78 Å². The highest BCUT2D eigenvalue weighted by Crippen LogP contribution is 2.23. The van der Waals surface area contributed by atoms with E-state index in [1.54, 1.807) is 23.9 Å². The summed E-state index contributed by atoms with van der Waals surface area (Å²) in [6.07, 6.45) is 0. The van der Waals surface area contributed by atoms with Crippen LogP contribution in [0, 0.1) is 5.82 Å². The zero-order valence-corrected chi connectivity index (χ0v) is 14.8. The Morgan fingerprint density at radius 3 is 2.57 bits per heavy atom. The number of hydrogen-bond acceptors (Lipinski definition) is 5. The molecule has 1 aromatic rings. The standard InChI is InChI=1S/C16H20FN3OS2/c1-12(21)13-2-3-15(14(17)10-13)19-6-4-18(5-7-19)11-20-8-9-23-16(20)22/h2-3,10H,4-9,11H2,1H3. The van der Waals surface area contributed by atoms with Crippen molar-refractivity contribution >= 4 is 39.8 Å². The zero-order valence-electron chi connectivity index (χ0n) is 13.1. The van der Waals surface area contributed by atoms with Crippen LogP contribution in [0.1, 0.15) is 17.3 Å². The minimum Gasteiger partial charge on any atom is -0.367 e. The quantitative estimate of drug-likeness (QED) is 0.610. The van der Waals surface area contributed by atoms with Crippen molar-refractivity contribution in [2.24, 2.45) is 0 Å². The number of thiocarbonyl (C=S) groups is 1. The maximum Gasteiger partial charge on any atom is 0.159 e. The van der Waals surface area contributed by atoms with Gasteiger partial charge in [-0.15, -0.1) is 0 Å². The van der Waals surface area contributed by atoms with Gasteiger partial charge in [0.1, 0.15) is 10.1 Å². The predicted molar refractivity (Wildman–Crippen MR) is 96.8 cm³/mol. The molecule has 2 aliphatic heterocycles. The van der Waals surface area contributed by atoms with Gasteiger partial charge in [-0.1, -0.05) is 24.0 Å². The van der Waals surface area contributed by atoms with Crippen molar-refractivity contribution in [3.63, 3.8) is 0 Å². The second-order valence-electron chi connectivity index (χ2n) is 5.85. The molecule has 0 radical (unpaired) electrons. The highest BCUT2D eigenvalue weighted by molar-refractivity contribution is 8.23. The maximum absolute atomic E-state index is 14.2. The monoisotopic (exact) mass is 353 g/mol. The van der Waals surface area contributed by atoms with Gasteiger partial charge in [0.05, 0.1) is 12.4 Å². The third-order valence-electron chi connectivity index (χ3n) is 4.28. The molecule has 124 valence electrons. The van der Waals surface area contributed by atoms with Crippen LogP contribution < -0.4 is 4.90 Å². The van der Waals surface area contributed by atoms with Crippen molar-refractivity contribution in [2.75, 3.05) is 50.0 Å². The lowest BCUT2D eigenvalue weighted by Crippen LogP contribution is -2.50. The lowest BCUT2D eigenvalue weighted by molar-refractivity contribution is 0.101. The molecule has 23 heavy (non-hydrogen) atoms. The molecule has 0 atom stereocenters. The first-order valence-electron chi connectivity index (χ1n) is 7.74. The Balaban J connectivity index is 1.58. The summed E-state index contributed by atoms with van der Waals surface area (Å²) in [5, 5.41) is 0. The van der Waals surface area contributed by atoms with Crippen LogP contribution in [0.2, 0.25) is 0 Å². The molecule has 2 fully saturated rings. The molecule has 0 aromatic heterocycles. The van der Waals surface area contributed by atoms with E-state index in [9.17, 15) is 9.18 Å². The molecule has 2 aliphatic rings. The molecule has 0 bridgehead atoms. The summed E-state index contributed by atoms with van der Waals surface area (Å²) in [5.41, 5.74) is 1.01. The highest BCUT2D eigenvalue weighted by atomic mass is 32.2. The number of rotatable bonds is 4. The van der Waals surface area contributed by atoms with Crippen LogP contribution in [-0.2, 0) is 0 Å². The Hall–Kier alpha value is -1.18. The van der Waals surface area contributed by atoms with Gasteiger partial charge in [-0.25, -0.2) is 4.39 Å². The highest BCUT2D eigenvalue weighted by Gasteiger charge is 2.24. The van der Waals surface area contributed by atoms with Crippen molar-refractivity contribution in [2.45, 2.75) is 6.92 Å². The van der Waals surface area contributed by atoms with E-state index in [4.69, 9.17) is 12.2 Å². The lowest BCUT2D eigenvalue weighted by atomic mass is 10.1. The van der Waals surface area contributed by atoms with E-state index in [2.05, 4.69) is 9.80 Å². The Morgan fingerprint density at radius 1 is 1.26 bits per heavy atom. The Labute approximate surface area is 145 Å². The van der Waals surface area contributed by atoms with Gasteiger partial charge < -0.3 is 9.80 Å². The summed E-state index contributed by atoms with van der Waals surface area (Å²) in [5.74, 6) is 0.648. The smallest absolute Gasteiger partial charge is 0.159 e. The fourth-order valence-electron chi connectivity index (χ4n) is 2.91. The number of carbonyl (C=O) groups excluding carboxylic acids is 1. The number of hydrogen-bond donors (Lipinski definition) is 0. The number of anilines is 1. The number of benzene rings is 1. The average Bonchev–Trinajstić information content (AvgIpc) is 2.93. The van der Waals surface area contributed by atoms with Gasteiger partial charge in [-0.05, 0) is 25.1 Å². The van der Waals surface area contributed by atoms with Crippen LogP contribution in [0.3, 0.4) is 0 Å². The number of thioether (sulfide) groups is 1. The van der Waals surface area contributed by atoms with Gasteiger partial charge in [0.25, 0.3) is 0 Å². The summed E-state index contributed by atoms with van der Waals surface area (Å²) in [6.45, 7) is 6.67. The molecule has 0 unspecified atom stereocenters. The zero-order chi connectivity index (χ0) is 16.4. The molecule has 4 nitrogen and oxygen atoms in total. The maximum atomic E-state index is 14.2. The van der Waals surface area contributed by atoms with E-state index in [-0.39, 0.29) is 11.6 Å². The summed E-state index contributed by atoms with van der Waals surface area (Å²) >= 11 is 7.07. The Bertz CT molecular complexity index is 617. The predicted octanol–water partition coefficient (Wildman–Crippen LogP) is 2.44. The molecular weight excluding hydrogens is 333 g/mol. The van der Waals surface area contributed by atoms with Crippen LogP contribution in [0.4, 0.5) is 10.1 Å². The van der Waals surface area contributed by atoms with Crippen LogP contribution >= 0.6 is 24.0 Å². The lowest BCUT2D eigenvalue weighted by Gasteiger charge is -2.38. The van der Waals surface area contributed by atoms with Crippen molar-refractivity contribution in [1.82, 2.24) is 9.80 Å².